The Morgan fingerprint density at radius 3 is 2.72 bits per heavy atom. The van der Waals surface area contributed by atoms with Crippen LogP contribution in [0.4, 0.5) is 4.39 Å². The first-order valence-electron chi connectivity index (χ1n) is 8.61. The van der Waals surface area contributed by atoms with E-state index >= 15 is 0 Å². The molecule has 2 atom stereocenters. The minimum atomic E-state index is -0.689. The molecule has 0 bridgehead atoms. The van der Waals surface area contributed by atoms with Crippen LogP contribution in [-0.4, -0.2) is 47.5 Å². The summed E-state index contributed by atoms with van der Waals surface area (Å²) in [6.07, 6.45) is 0.209. The van der Waals surface area contributed by atoms with Gasteiger partial charge in [-0.15, -0.1) is 0 Å². The second-order valence-electron chi connectivity index (χ2n) is 6.40. The maximum atomic E-state index is 13.5. The molecule has 2 aromatic rings. The van der Waals surface area contributed by atoms with E-state index in [1.807, 2.05) is 18.2 Å². The summed E-state index contributed by atoms with van der Waals surface area (Å²) in [5.41, 5.74) is 2.86. The zero-order chi connectivity index (χ0) is 17.6. The summed E-state index contributed by atoms with van der Waals surface area (Å²) in [5, 5.41) is 20.0. The number of fused-ring (bicyclic) bond motifs is 1. The second-order valence-corrected chi connectivity index (χ2v) is 6.40. The molecule has 1 aliphatic heterocycles. The van der Waals surface area contributed by atoms with Gasteiger partial charge in [0, 0.05) is 18.7 Å². The lowest BCUT2D eigenvalue weighted by molar-refractivity contribution is -0.00623. The molecular formula is C20H24FNO3. The summed E-state index contributed by atoms with van der Waals surface area (Å²) in [6, 6.07) is 14.5. The number of aliphatic hydroxyl groups is 2. The van der Waals surface area contributed by atoms with E-state index in [1.165, 1.54) is 11.6 Å². The molecule has 0 aromatic heterocycles. The van der Waals surface area contributed by atoms with Gasteiger partial charge in [0.15, 0.2) is 0 Å². The predicted molar refractivity (Wildman–Crippen MR) is 93.6 cm³/mol. The van der Waals surface area contributed by atoms with Gasteiger partial charge in [-0.3, -0.25) is 4.90 Å². The summed E-state index contributed by atoms with van der Waals surface area (Å²) in [7, 11) is 0. The maximum Gasteiger partial charge on any atom is 0.128 e. The highest BCUT2D eigenvalue weighted by Gasteiger charge is 2.27. The zero-order valence-electron chi connectivity index (χ0n) is 14.1. The molecule has 0 saturated heterocycles. The summed E-state index contributed by atoms with van der Waals surface area (Å²) in [6.45, 7) is 1.48. The third-order valence-corrected chi connectivity index (χ3v) is 4.67. The van der Waals surface area contributed by atoms with Gasteiger partial charge in [0.2, 0.25) is 0 Å². The lowest BCUT2D eigenvalue weighted by atomic mass is 9.93. The molecule has 2 unspecified atom stereocenters. The number of β-amino-alcohol motifs (C(OH)–C–C–N with tert-alkyl or cyclic N) is 1. The molecule has 1 heterocycles. The minimum Gasteiger partial charge on any atom is -0.394 e. The fraction of sp³-hybridized carbons (Fsp3) is 0.400. The number of aliphatic hydroxyl groups excluding tert-OH is 2. The van der Waals surface area contributed by atoms with Crippen molar-refractivity contribution < 1.29 is 19.3 Å². The highest BCUT2D eigenvalue weighted by molar-refractivity contribution is 5.32. The monoisotopic (exact) mass is 345 g/mol. The van der Waals surface area contributed by atoms with Crippen molar-refractivity contribution in [2.75, 3.05) is 26.3 Å². The Bertz CT molecular complexity index is 694. The first kappa shape index (κ1) is 18.0. The summed E-state index contributed by atoms with van der Waals surface area (Å²) in [5.74, 6) is -0.301. The van der Waals surface area contributed by atoms with Gasteiger partial charge in [-0.1, -0.05) is 42.5 Å². The van der Waals surface area contributed by atoms with Crippen LogP contribution in [0.1, 0.15) is 22.7 Å². The number of hydrogen-bond donors (Lipinski definition) is 2. The van der Waals surface area contributed by atoms with E-state index in [0.717, 1.165) is 18.5 Å². The lowest BCUT2D eigenvalue weighted by Crippen LogP contribution is -2.42. The van der Waals surface area contributed by atoms with Gasteiger partial charge in [0.05, 0.1) is 32.0 Å². The van der Waals surface area contributed by atoms with Crippen LogP contribution in [0.3, 0.4) is 0 Å². The Balaban J connectivity index is 1.52. The van der Waals surface area contributed by atoms with E-state index in [9.17, 15) is 14.6 Å². The number of benzene rings is 2. The van der Waals surface area contributed by atoms with E-state index in [2.05, 4.69) is 11.0 Å². The lowest BCUT2D eigenvalue weighted by Gasteiger charge is -2.37. The summed E-state index contributed by atoms with van der Waals surface area (Å²) >= 11 is 0. The van der Waals surface area contributed by atoms with E-state index < -0.39 is 6.10 Å². The largest absolute Gasteiger partial charge is 0.394 e. The van der Waals surface area contributed by atoms with Gasteiger partial charge in [-0.25, -0.2) is 4.39 Å². The predicted octanol–water partition coefficient (Wildman–Crippen LogP) is 2.29. The van der Waals surface area contributed by atoms with Crippen molar-refractivity contribution >= 4 is 0 Å². The topological polar surface area (TPSA) is 52.9 Å². The number of hydrogen-bond acceptors (Lipinski definition) is 4. The molecule has 4 nitrogen and oxygen atoms in total. The molecule has 2 aromatic carbocycles. The fourth-order valence-corrected chi connectivity index (χ4v) is 3.38. The average Bonchev–Trinajstić information content (AvgIpc) is 2.63. The Labute approximate surface area is 147 Å². The van der Waals surface area contributed by atoms with E-state index in [4.69, 9.17) is 4.74 Å². The molecule has 134 valence electrons. The van der Waals surface area contributed by atoms with Gasteiger partial charge in [0.25, 0.3) is 0 Å². The van der Waals surface area contributed by atoms with Gasteiger partial charge in [-0.2, -0.15) is 0 Å². The Hall–Kier alpha value is -1.79. The van der Waals surface area contributed by atoms with Crippen LogP contribution in [0, 0.1) is 5.82 Å². The third-order valence-electron chi connectivity index (χ3n) is 4.67. The van der Waals surface area contributed by atoms with Crippen molar-refractivity contribution in [2.24, 2.45) is 0 Å². The van der Waals surface area contributed by atoms with Crippen LogP contribution in [-0.2, 0) is 17.8 Å². The van der Waals surface area contributed by atoms with Crippen molar-refractivity contribution in [2.45, 2.75) is 25.2 Å². The normalized spacial score (nSPS) is 18.8. The zero-order valence-corrected chi connectivity index (χ0v) is 14.1. The standard InChI is InChI=1S/C20H24FNO3/c21-19-8-4-2-6-16(19)13-25-14-17(24)11-22-10-9-15-5-1-3-7-18(15)20(22)12-23/h1-8,17,20,23-24H,9-14H2. The smallest absolute Gasteiger partial charge is 0.128 e. The van der Waals surface area contributed by atoms with Crippen molar-refractivity contribution in [3.8, 4) is 0 Å². The van der Waals surface area contributed by atoms with Crippen LogP contribution in [0.15, 0.2) is 48.5 Å². The summed E-state index contributed by atoms with van der Waals surface area (Å²) in [4.78, 5) is 2.08. The highest BCUT2D eigenvalue weighted by Crippen LogP contribution is 2.29. The van der Waals surface area contributed by atoms with E-state index in [-0.39, 0.29) is 31.7 Å². The molecule has 5 heteroatoms. The van der Waals surface area contributed by atoms with Crippen molar-refractivity contribution in [3.63, 3.8) is 0 Å². The number of rotatable bonds is 7. The van der Waals surface area contributed by atoms with Gasteiger partial charge in [-0.05, 0) is 23.6 Å². The van der Waals surface area contributed by atoms with Crippen molar-refractivity contribution in [1.29, 1.82) is 0 Å². The Morgan fingerprint density at radius 1 is 1.16 bits per heavy atom. The van der Waals surface area contributed by atoms with E-state index in [1.54, 1.807) is 18.2 Å². The van der Waals surface area contributed by atoms with Crippen LogP contribution in [0.25, 0.3) is 0 Å². The van der Waals surface area contributed by atoms with Crippen LogP contribution in [0.5, 0.6) is 0 Å². The molecule has 0 amide bonds. The molecular weight excluding hydrogens is 321 g/mol. The number of ether oxygens (including phenoxy) is 1. The quantitative estimate of drug-likeness (QED) is 0.808. The highest BCUT2D eigenvalue weighted by atomic mass is 19.1. The first-order chi connectivity index (χ1) is 12.2. The molecule has 3 rings (SSSR count). The minimum absolute atomic E-state index is 0.0137. The molecule has 2 N–H and O–H groups in total. The van der Waals surface area contributed by atoms with Crippen molar-refractivity contribution in [1.82, 2.24) is 4.90 Å². The molecule has 0 fully saturated rings. The van der Waals surface area contributed by atoms with Gasteiger partial charge in [0.1, 0.15) is 5.82 Å². The SMILES string of the molecule is OCC1c2ccccc2CCN1CC(O)COCc1ccccc1F. The van der Waals surface area contributed by atoms with Crippen molar-refractivity contribution in [3.05, 3.63) is 71.0 Å². The van der Waals surface area contributed by atoms with Gasteiger partial charge >= 0.3 is 0 Å². The molecule has 0 aliphatic carbocycles. The number of nitrogens with zero attached hydrogens (tertiary/aromatic N) is 1. The first-order valence-corrected chi connectivity index (χ1v) is 8.61. The summed E-state index contributed by atoms with van der Waals surface area (Å²) < 4.78 is 19.0. The average molecular weight is 345 g/mol. The Kier molecular flexibility index (Phi) is 6.15. The second kappa shape index (κ2) is 8.54. The molecule has 25 heavy (non-hydrogen) atoms. The third kappa shape index (κ3) is 4.44. The fourth-order valence-electron chi connectivity index (χ4n) is 3.38. The molecule has 0 spiro atoms. The Morgan fingerprint density at radius 2 is 1.92 bits per heavy atom. The van der Waals surface area contributed by atoms with Gasteiger partial charge < -0.3 is 14.9 Å². The van der Waals surface area contributed by atoms with E-state index in [0.29, 0.717) is 12.1 Å². The van der Waals surface area contributed by atoms with Crippen LogP contribution < -0.4 is 0 Å². The molecule has 0 saturated carbocycles. The maximum absolute atomic E-state index is 13.5. The number of halogens is 1. The molecule has 0 radical (unpaired) electrons. The molecule has 1 aliphatic rings. The van der Waals surface area contributed by atoms with Crippen LogP contribution in [0.2, 0.25) is 0 Å². The van der Waals surface area contributed by atoms with Crippen LogP contribution >= 0.6 is 0 Å².